The van der Waals surface area contributed by atoms with Crippen molar-refractivity contribution in [2.45, 2.75) is 46.1 Å². The van der Waals surface area contributed by atoms with Crippen LogP contribution in [0.25, 0.3) is 0 Å². The lowest BCUT2D eigenvalue weighted by Gasteiger charge is -2.38. The van der Waals surface area contributed by atoms with Gasteiger partial charge in [0.05, 0.1) is 25.4 Å². The smallest absolute Gasteiger partial charge is 0.336 e. The third-order valence-electron chi connectivity index (χ3n) is 6.46. The quantitative estimate of drug-likeness (QED) is 0.354. The maximum absolute atomic E-state index is 13.7. The highest BCUT2D eigenvalue weighted by Crippen LogP contribution is 2.47. The number of nitrogens with one attached hydrogen (secondary N) is 1. The van der Waals surface area contributed by atoms with Crippen molar-refractivity contribution in [1.82, 2.24) is 5.32 Å². The first-order valence-corrected chi connectivity index (χ1v) is 11.7. The fourth-order valence-electron chi connectivity index (χ4n) is 4.87. The number of hydrogen-bond acceptors (Lipinski definition) is 9. The Morgan fingerprint density at radius 3 is 2.63 bits per heavy atom. The number of ketones is 1. The molecule has 9 nitrogen and oxygen atoms in total. The highest BCUT2D eigenvalue weighted by molar-refractivity contribution is 6.12. The molecule has 188 valence electrons. The fourth-order valence-corrected chi connectivity index (χ4v) is 4.87. The van der Waals surface area contributed by atoms with Gasteiger partial charge < -0.3 is 29.0 Å². The zero-order valence-corrected chi connectivity index (χ0v) is 20.6. The number of esters is 2. The number of Topliss-reactive ketones (excluding diaryl/α,β-unsaturated/α-hetero) is 1. The Balaban J connectivity index is 1.75. The van der Waals surface area contributed by atoms with E-state index in [9.17, 15) is 14.4 Å². The molecule has 0 amide bonds. The topological polar surface area (TPSA) is 109 Å². The van der Waals surface area contributed by atoms with Gasteiger partial charge >= 0.3 is 11.9 Å². The number of allylic oxidation sites excluding steroid dienone is 3. The monoisotopic (exact) mass is 485 g/mol. The van der Waals surface area contributed by atoms with Crippen molar-refractivity contribution >= 4 is 17.7 Å². The van der Waals surface area contributed by atoms with E-state index in [0.717, 1.165) is 0 Å². The van der Waals surface area contributed by atoms with Gasteiger partial charge in [-0.2, -0.15) is 0 Å². The van der Waals surface area contributed by atoms with Gasteiger partial charge in [0.15, 0.2) is 17.3 Å². The summed E-state index contributed by atoms with van der Waals surface area (Å²) >= 11 is 0. The molecule has 0 bridgehead atoms. The van der Waals surface area contributed by atoms with E-state index in [0.29, 0.717) is 46.0 Å². The third-order valence-corrected chi connectivity index (χ3v) is 6.46. The van der Waals surface area contributed by atoms with E-state index in [-0.39, 0.29) is 37.8 Å². The van der Waals surface area contributed by atoms with Crippen LogP contribution in [-0.4, -0.2) is 50.9 Å². The van der Waals surface area contributed by atoms with Gasteiger partial charge in [0.2, 0.25) is 6.79 Å². The molecule has 0 aromatic heterocycles. The van der Waals surface area contributed by atoms with E-state index in [1.807, 2.05) is 20.8 Å². The van der Waals surface area contributed by atoms with Crippen molar-refractivity contribution in [3.63, 3.8) is 0 Å². The van der Waals surface area contributed by atoms with Crippen molar-refractivity contribution in [1.29, 1.82) is 0 Å². The second kappa shape index (κ2) is 10.1. The Bertz CT molecular complexity index is 1100. The molecule has 35 heavy (non-hydrogen) atoms. The summed E-state index contributed by atoms with van der Waals surface area (Å²) in [6.07, 6.45) is 0.473. The summed E-state index contributed by atoms with van der Waals surface area (Å²) in [6, 6.07) is 5.32. The van der Waals surface area contributed by atoms with Crippen LogP contribution in [0.3, 0.4) is 0 Å². The van der Waals surface area contributed by atoms with Gasteiger partial charge in [-0.3, -0.25) is 9.59 Å². The highest BCUT2D eigenvalue weighted by atomic mass is 16.7. The van der Waals surface area contributed by atoms with Gasteiger partial charge in [0.1, 0.15) is 12.5 Å². The summed E-state index contributed by atoms with van der Waals surface area (Å²) in [4.78, 5) is 39.6. The van der Waals surface area contributed by atoms with E-state index in [1.54, 1.807) is 25.1 Å². The predicted octanol–water partition coefficient (Wildman–Crippen LogP) is 3.00. The molecule has 0 radical (unpaired) electrons. The van der Waals surface area contributed by atoms with Gasteiger partial charge in [-0.15, -0.1) is 0 Å². The van der Waals surface area contributed by atoms with Gasteiger partial charge in [0, 0.05) is 22.9 Å². The molecule has 1 N–H and O–H groups in total. The number of benzene rings is 1. The second-order valence-corrected chi connectivity index (χ2v) is 9.20. The molecule has 4 rings (SSSR count). The molecule has 0 unspecified atom stereocenters. The fraction of sp³-hybridized carbons (Fsp3) is 0.500. The first-order valence-electron chi connectivity index (χ1n) is 11.7. The molecule has 2 aliphatic heterocycles. The van der Waals surface area contributed by atoms with Crippen molar-refractivity contribution < 1.29 is 38.1 Å². The van der Waals surface area contributed by atoms with Crippen molar-refractivity contribution in [2.24, 2.45) is 11.8 Å². The zero-order valence-electron chi connectivity index (χ0n) is 20.6. The maximum atomic E-state index is 13.7. The molecule has 0 spiro atoms. The molecular formula is C26H31NO8. The molecule has 2 heterocycles. The highest BCUT2D eigenvalue weighted by Gasteiger charge is 2.47. The summed E-state index contributed by atoms with van der Waals surface area (Å²) in [5, 5.41) is 3.25. The SMILES string of the molecule is COC(=O)[C@@H]1C(=O)C2=C(C[C@H]1C)NC(C)=C(C(=O)OCCOC(C)C)[C@H]2c1ccc2c(c1)OCO2. The first-order chi connectivity index (χ1) is 16.7. The Morgan fingerprint density at radius 1 is 1.17 bits per heavy atom. The number of methoxy groups -OCH3 is 1. The summed E-state index contributed by atoms with van der Waals surface area (Å²) in [6.45, 7) is 7.85. The van der Waals surface area contributed by atoms with Gasteiger partial charge in [-0.1, -0.05) is 13.0 Å². The van der Waals surface area contributed by atoms with Gasteiger partial charge in [-0.25, -0.2) is 4.79 Å². The second-order valence-electron chi connectivity index (χ2n) is 9.20. The summed E-state index contributed by atoms with van der Waals surface area (Å²) in [7, 11) is 1.27. The van der Waals surface area contributed by atoms with Crippen LogP contribution >= 0.6 is 0 Å². The van der Waals surface area contributed by atoms with E-state index in [4.69, 9.17) is 23.7 Å². The van der Waals surface area contributed by atoms with Crippen LogP contribution in [0.1, 0.15) is 45.6 Å². The van der Waals surface area contributed by atoms with Crippen LogP contribution in [0.15, 0.2) is 40.7 Å². The number of rotatable bonds is 7. The lowest BCUT2D eigenvalue weighted by molar-refractivity contribution is -0.151. The largest absolute Gasteiger partial charge is 0.468 e. The summed E-state index contributed by atoms with van der Waals surface area (Å²) in [5.41, 5.74) is 2.63. The zero-order chi connectivity index (χ0) is 25.3. The van der Waals surface area contributed by atoms with Crippen molar-refractivity contribution in [3.8, 4) is 11.5 Å². The number of hydrogen-bond donors (Lipinski definition) is 1. The predicted molar refractivity (Wildman–Crippen MR) is 125 cm³/mol. The molecule has 0 saturated heterocycles. The van der Waals surface area contributed by atoms with Crippen LogP contribution in [0.5, 0.6) is 11.5 Å². The molecular weight excluding hydrogens is 454 g/mol. The lowest BCUT2D eigenvalue weighted by Crippen LogP contribution is -2.43. The Labute approximate surface area is 204 Å². The first kappa shape index (κ1) is 24.8. The third kappa shape index (κ3) is 4.77. The van der Waals surface area contributed by atoms with Crippen LogP contribution < -0.4 is 14.8 Å². The number of ether oxygens (including phenoxy) is 5. The van der Waals surface area contributed by atoms with Crippen LogP contribution in [-0.2, 0) is 28.6 Å². The number of carbonyl (C=O) groups is 3. The van der Waals surface area contributed by atoms with E-state index in [2.05, 4.69) is 5.32 Å². The van der Waals surface area contributed by atoms with Crippen molar-refractivity contribution in [2.75, 3.05) is 27.1 Å². The lowest BCUT2D eigenvalue weighted by atomic mass is 9.69. The van der Waals surface area contributed by atoms with Gasteiger partial charge in [-0.05, 0) is 50.8 Å². The van der Waals surface area contributed by atoms with Gasteiger partial charge in [0.25, 0.3) is 0 Å². The van der Waals surface area contributed by atoms with Crippen LogP contribution in [0.4, 0.5) is 0 Å². The Hall–Kier alpha value is -3.33. The standard InChI is InChI=1S/C26H31NO8/c1-13(2)32-8-9-33-26(30)21-15(4)27-17-10-14(3)20(25(29)31-5)24(28)23(17)22(21)16-6-7-18-19(11-16)35-12-34-18/h6-7,11,13-14,20,22,27H,8-10,12H2,1-5H3/t14-,20+,22-/m1/s1. The Kier molecular flexibility index (Phi) is 7.16. The summed E-state index contributed by atoms with van der Waals surface area (Å²) < 4.78 is 26.9. The van der Waals surface area contributed by atoms with E-state index < -0.39 is 23.8 Å². The molecule has 0 saturated carbocycles. The van der Waals surface area contributed by atoms with Crippen molar-refractivity contribution in [3.05, 3.63) is 46.3 Å². The van der Waals surface area contributed by atoms with Crippen LogP contribution in [0, 0.1) is 11.8 Å². The van der Waals surface area contributed by atoms with Crippen LogP contribution in [0.2, 0.25) is 0 Å². The number of dihydropyridines is 1. The minimum absolute atomic E-state index is 0.0113. The molecule has 0 fully saturated rings. The normalized spacial score (nSPS) is 23.3. The maximum Gasteiger partial charge on any atom is 0.336 e. The average molecular weight is 486 g/mol. The number of fused-ring (bicyclic) bond motifs is 1. The average Bonchev–Trinajstić information content (AvgIpc) is 3.28. The molecule has 1 aromatic carbocycles. The number of carbonyl (C=O) groups excluding carboxylic acids is 3. The van der Waals surface area contributed by atoms with E-state index in [1.165, 1.54) is 7.11 Å². The molecule has 3 aliphatic rings. The minimum atomic E-state index is -0.952. The van der Waals surface area contributed by atoms with E-state index >= 15 is 0 Å². The summed E-state index contributed by atoms with van der Waals surface area (Å²) in [5.74, 6) is -2.34. The molecule has 3 atom stereocenters. The Morgan fingerprint density at radius 2 is 1.91 bits per heavy atom. The minimum Gasteiger partial charge on any atom is -0.468 e. The molecule has 1 aromatic rings. The molecule has 1 aliphatic carbocycles. The molecule has 9 heteroatoms.